The van der Waals surface area contributed by atoms with Crippen LogP contribution < -0.4 is 0 Å². The van der Waals surface area contributed by atoms with Gasteiger partial charge in [0.1, 0.15) is 6.73 Å². The smallest absolute Gasteiger partial charge is 0.121 e. The van der Waals surface area contributed by atoms with E-state index in [0.29, 0.717) is 12.6 Å². The van der Waals surface area contributed by atoms with Crippen molar-refractivity contribution in [3.8, 4) is 0 Å². The zero-order chi connectivity index (χ0) is 9.26. The highest BCUT2D eigenvalue weighted by molar-refractivity contribution is 5.15. The standard InChI is InChI=1S/C10H15NO2/c1-13-7-11-5-4-9(6-11)10(12)8-2-3-8/h4-6,8,10,12H,2-3,7H2,1H3. The van der Waals surface area contributed by atoms with Crippen LogP contribution >= 0.6 is 0 Å². The summed E-state index contributed by atoms with van der Waals surface area (Å²) in [5, 5.41) is 9.79. The summed E-state index contributed by atoms with van der Waals surface area (Å²) in [6, 6.07) is 1.96. The van der Waals surface area contributed by atoms with Gasteiger partial charge in [-0.3, -0.25) is 0 Å². The molecule has 1 fully saturated rings. The predicted octanol–water partition coefficient (Wildman–Crippen LogP) is 1.54. The third kappa shape index (κ3) is 1.92. The van der Waals surface area contributed by atoms with Gasteiger partial charge in [-0.15, -0.1) is 0 Å². The van der Waals surface area contributed by atoms with Crippen LogP contribution in [-0.2, 0) is 11.5 Å². The van der Waals surface area contributed by atoms with Crippen LogP contribution in [0.5, 0.6) is 0 Å². The molecule has 1 heterocycles. The summed E-state index contributed by atoms with van der Waals surface area (Å²) in [5.74, 6) is 0.499. The Bertz CT molecular complexity index is 278. The lowest BCUT2D eigenvalue weighted by atomic mass is 10.1. The van der Waals surface area contributed by atoms with E-state index in [2.05, 4.69) is 0 Å². The average molecular weight is 181 g/mol. The van der Waals surface area contributed by atoms with Gasteiger partial charge in [0.05, 0.1) is 6.10 Å². The summed E-state index contributed by atoms with van der Waals surface area (Å²) in [7, 11) is 1.66. The van der Waals surface area contributed by atoms with Crippen LogP contribution in [0.25, 0.3) is 0 Å². The molecule has 3 heteroatoms. The molecule has 0 aromatic carbocycles. The maximum atomic E-state index is 9.79. The molecule has 0 saturated heterocycles. The Balaban J connectivity index is 2.03. The molecule has 1 aliphatic carbocycles. The van der Waals surface area contributed by atoms with E-state index in [9.17, 15) is 5.11 Å². The first-order valence-electron chi connectivity index (χ1n) is 4.64. The lowest BCUT2D eigenvalue weighted by Gasteiger charge is -2.05. The van der Waals surface area contributed by atoms with Crippen LogP contribution in [-0.4, -0.2) is 16.8 Å². The minimum atomic E-state index is -0.266. The fourth-order valence-electron chi connectivity index (χ4n) is 1.55. The second-order valence-electron chi connectivity index (χ2n) is 3.66. The minimum Gasteiger partial charge on any atom is -0.388 e. The molecule has 13 heavy (non-hydrogen) atoms. The van der Waals surface area contributed by atoms with Gasteiger partial charge in [0, 0.05) is 19.5 Å². The topological polar surface area (TPSA) is 34.4 Å². The molecule has 0 radical (unpaired) electrons. The molecule has 2 rings (SSSR count). The zero-order valence-electron chi connectivity index (χ0n) is 7.81. The third-order valence-electron chi connectivity index (χ3n) is 2.46. The number of aliphatic hydroxyl groups is 1. The summed E-state index contributed by atoms with van der Waals surface area (Å²) in [6.07, 6.45) is 5.95. The Hall–Kier alpha value is -0.800. The van der Waals surface area contributed by atoms with Gasteiger partial charge in [-0.25, -0.2) is 0 Å². The number of hydrogen-bond donors (Lipinski definition) is 1. The highest BCUT2D eigenvalue weighted by Gasteiger charge is 2.30. The molecule has 1 aliphatic rings. The number of aromatic nitrogens is 1. The molecule has 1 N–H and O–H groups in total. The van der Waals surface area contributed by atoms with Gasteiger partial charge in [0.15, 0.2) is 0 Å². The Morgan fingerprint density at radius 3 is 3.08 bits per heavy atom. The monoisotopic (exact) mass is 181 g/mol. The lowest BCUT2D eigenvalue weighted by Crippen LogP contribution is -1.99. The molecule has 0 aliphatic heterocycles. The SMILES string of the molecule is COCn1ccc(C(O)C2CC2)c1. The van der Waals surface area contributed by atoms with Crippen molar-refractivity contribution in [3.63, 3.8) is 0 Å². The molecule has 1 aromatic heterocycles. The van der Waals surface area contributed by atoms with Crippen molar-refractivity contribution in [1.29, 1.82) is 0 Å². The first kappa shape index (κ1) is 8.78. The van der Waals surface area contributed by atoms with Gasteiger partial charge in [-0.05, 0) is 30.4 Å². The second-order valence-corrected chi connectivity index (χ2v) is 3.66. The molecule has 72 valence electrons. The van der Waals surface area contributed by atoms with Crippen molar-refractivity contribution < 1.29 is 9.84 Å². The maximum Gasteiger partial charge on any atom is 0.121 e. The highest BCUT2D eigenvalue weighted by atomic mass is 16.5. The molecule has 0 spiro atoms. The summed E-state index contributed by atoms with van der Waals surface area (Å²) < 4.78 is 6.91. The number of hydrogen-bond acceptors (Lipinski definition) is 2. The summed E-state index contributed by atoms with van der Waals surface area (Å²) in [5.41, 5.74) is 1.01. The van der Waals surface area contributed by atoms with E-state index in [1.807, 2.05) is 23.0 Å². The lowest BCUT2D eigenvalue weighted by molar-refractivity contribution is 0.129. The summed E-state index contributed by atoms with van der Waals surface area (Å²) in [4.78, 5) is 0. The van der Waals surface area contributed by atoms with Crippen LogP contribution in [0.2, 0.25) is 0 Å². The molecule has 1 aromatic rings. The number of aliphatic hydroxyl groups excluding tert-OH is 1. The molecular formula is C10H15NO2. The summed E-state index contributed by atoms with van der Waals surface area (Å²) >= 11 is 0. The van der Waals surface area contributed by atoms with Crippen LogP contribution in [0.1, 0.15) is 24.5 Å². The predicted molar refractivity (Wildman–Crippen MR) is 49.1 cm³/mol. The van der Waals surface area contributed by atoms with Gasteiger partial charge < -0.3 is 14.4 Å². The van der Waals surface area contributed by atoms with Gasteiger partial charge >= 0.3 is 0 Å². The van der Waals surface area contributed by atoms with Gasteiger partial charge in [0.2, 0.25) is 0 Å². The molecule has 1 saturated carbocycles. The maximum absolute atomic E-state index is 9.79. The number of rotatable bonds is 4. The van der Waals surface area contributed by atoms with E-state index in [1.165, 1.54) is 0 Å². The number of ether oxygens (including phenoxy) is 1. The molecule has 1 unspecified atom stereocenters. The van der Waals surface area contributed by atoms with Crippen molar-refractivity contribution >= 4 is 0 Å². The first-order chi connectivity index (χ1) is 6.31. The van der Waals surface area contributed by atoms with Crippen molar-refractivity contribution in [2.75, 3.05) is 7.11 Å². The molecular weight excluding hydrogens is 166 g/mol. The Morgan fingerprint density at radius 2 is 2.46 bits per heavy atom. The van der Waals surface area contributed by atoms with E-state index in [-0.39, 0.29) is 6.10 Å². The van der Waals surface area contributed by atoms with Crippen molar-refractivity contribution in [2.45, 2.75) is 25.7 Å². The van der Waals surface area contributed by atoms with E-state index < -0.39 is 0 Å². The number of methoxy groups -OCH3 is 1. The largest absolute Gasteiger partial charge is 0.388 e. The van der Waals surface area contributed by atoms with E-state index >= 15 is 0 Å². The highest BCUT2D eigenvalue weighted by Crippen LogP contribution is 2.40. The van der Waals surface area contributed by atoms with Crippen molar-refractivity contribution in [1.82, 2.24) is 4.57 Å². The molecule has 0 amide bonds. The number of nitrogens with zero attached hydrogens (tertiary/aromatic N) is 1. The van der Waals surface area contributed by atoms with Crippen LogP contribution in [0.3, 0.4) is 0 Å². The first-order valence-corrected chi connectivity index (χ1v) is 4.64. The molecule has 3 nitrogen and oxygen atoms in total. The fourth-order valence-corrected chi connectivity index (χ4v) is 1.55. The van der Waals surface area contributed by atoms with Crippen LogP contribution in [0, 0.1) is 5.92 Å². The Kier molecular flexibility index (Phi) is 2.38. The van der Waals surface area contributed by atoms with Crippen molar-refractivity contribution in [2.24, 2.45) is 5.92 Å². The fraction of sp³-hybridized carbons (Fsp3) is 0.600. The van der Waals surface area contributed by atoms with Crippen molar-refractivity contribution in [3.05, 3.63) is 24.0 Å². The average Bonchev–Trinajstić information content (AvgIpc) is 2.87. The Labute approximate surface area is 77.9 Å². The van der Waals surface area contributed by atoms with Crippen LogP contribution in [0.4, 0.5) is 0 Å². The van der Waals surface area contributed by atoms with Gasteiger partial charge in [0.25, 0.3) is 0 Å². The minimum absolute atomic E-state index is 0.266. The quantitative estimate of drug-likeness (QED) is 0.764. The normalized spacial score (nSPS) is 18.9. The second kappa shape index (κ2) is 3.52. The van der Waals surface area contributed by atoms with Crippen LogP contribution in [0.15, 0.2) is 18.5 Å². The third-order valence-corrected chi connectivity index (χ3v) is 2.46. The molecule has 1 atom stereocenters. The Morgan fingerprint density at radius 1 is 1.69 bits per heavy atom. The van der Waals surface area contributed by atoms with Gasteiger partial charge in [-0.2, -0.15) is 0 Å². The summed E-state index contributed by atoms with van der Waals surface area (Å²) in [6.45, 7) is 0.553. The molecule has 0 bridgehead atoms. The van der Waals surface area contributed by atoms with Gasteiger partial charge in [-0.1, -0.05) is 0 Å². The van der Waals surface area contributed by atoms with E-state index in [4.69, 9.17) is 4.74 Å². The van der Waals surface area contributed by atoms with E-state index in [1.54, 1.807) is 7.11 Å². The van der Waals surface area contributed by atoms with E-state index in [0.717, 1.165) is 18.4 Å². The zero-order valence-corrected chi connectivity index (χ0v) is 7.81.